The molecule has 0 bridgehead atoms. The number of aliphatic hydroxyl groups excluding tert-OH is 8. The Kier molecular flexibility index (Phi) is 37.8. The van der Waals surface area contributed by atoms with Crippen LogP contribution >= 0.6 is 0 Å². The first-order chi connectivity index (χ1) is 34.6. The van der Waals surface area contributed by atoms with E-state index in [4.69, 9.17) is 18.9 Å². The van der Waals surface area contributed by atoms with Crippen molar-refractivity contribution in [2.24, 2.45) is 0 Å². The molecule has 2 heterocycles. The van der Waals surface area contributed by atoms with E-state index >= 15 is 0 Å². The quantitative estimate of drug-likeness (QED) is 0.0213. The van der Waals surface area contributed by atoms with Crippen LogP contribution in [0.5, 0.6) is 0 Å². The molecule has 2 saturated heterocycles. The minimum Gasteiger partial charge on any atom is -0.394 e. The molecular formula is C57H93NO13. The van der Waals surface area contributed by atoms with Gasteiger partial charge >= 0.3 is 0 Å². The highest BCUT2D eigenvalue weighted by Crippen LogP contribution is 2.30. The largest absolute Gasteiger partial charge is 0.394 e. The average Bonchev–Trinajstić information content (AvgIpc) is 3.37. The molecule has 9 N–H and O–H groups in total. The summed E-state index contributed by atoms with van der Waals surface area (Å²) in [7, 11) is 0. The van der Waals surface area contributed by atoms with Crippen LogP contribution in [0.3, 0.4) is 0 Å². The van der Waals surface area contributed by atoms with Gasteiger partial charge in [0, 0.05) is 6.42 Å². The molecule has 0 aromatic heterocycles. The van der Waals surface area contributed by atoms with Gasteiger partial charge in [0.15, 0.2) is 12.6 Å². The number of aliphatic hydroxyl groups is 8. The highest BCUT2D eigenvalue weighted by molar-refractivity contribution is 5.76. The van der Waals surface area contributed by atoms with Gasteiger partial charge in [0.25, 0.3) is 0 Å². The Morgan fingerprint density at radius 3 is 1.49 bits per heavy atom. The van der Waals surface area contributed by atoms with E-state index in [2.05, 4.69) is 116 Å². The lowest BCUT2D eigenvalue weighted by atomic mass is 9.97. The van der Waals surface area contributed by atoms with Crippen LogP contribution in [-0.4, -0.2) is 140 Å². The molecule has 14 nitrogen and oxygen atoms in total. The molecule has 404 valence electrons. The van der Waals surface area contributed by atoms with Crippen molar-refractivity contribution in [3.63, 3.8) is 0 Å². The fraction of sp³-hybridized carbons (Fsp3) is 0.667. The van der Waals surface area contributed by atoms with E-state index in [1.807, 2.05) is 6.08 Å². The van der Waals surface area contributed by atoms with E-state index < -0.39 is 86.8 Å². The van der Waals surface area contributed by atoms with Crippen LogP contribution in [0.4, 0.5) is 0 Å². The second-order valence-electron chi connectivity index (χ2n) is 18.3. The van der Waals surface area contributed by atoms with Crippen molar-refractivity contribution < 1.29 is 64.6 Å². The number of hydrogen-bond donors (Lipinski definition) is 9. The third-order valence-electron chi connectivity index (χ3n) is 12.2. The van der Waals surface area contributed by atoms with E-state index in [1.165, 1.54) is 19.3 Å². The molecule has 1 amide bonds. The van der Waals surface area contributed by atoms with Crippen LogP contribution < -0.4 is 5.32 Å². The first-order valence-electron chi connectivity index (χ1n) is 26.6. The second-order valence-corrected chi connectivity index (χ2v) is 18.3. The monoisotopic (exact) mass is 1000 g/mol. The van der Waals surface area contributed by atoms with Gasteiger partial charge in [-0.15, -0.1) is 0 Å². The summed E-state index contributed by atoms with van der Waals surface area (Å²) < 4.78 is 22.6. The van der Waals surface area contributed by atoms with Crippen LogP contribution in [0.15, 0.2) is 109 Å². The zero-order chi connectivity index (χ0) is 51.7. The van der Waals surface area contributed by atoms with Gasteiger partial charge in [-0.1, -0.05) is 168 Å². The molecule has 12 atom stereocenters. The third-order valence-corrected chi connectivity index (χ3v) is 12.2. The predicted molar refractivity (Wildman–Crippen MR) is 281 cm³/mol. The van der Waals surface area contributed by atoms with Crippen LogP contribution in [0, 0.1) is 0 Å². The van der Waals surface area contributed by atoms with Gasteiger partial charge in [-0.25, -0.2) is 0 Å². The first kappa shape index (κ1) is 63.8. The number of rotatable bonds is 39. The maximum absolute atomic E-state index is 13.1. The van der Waals surface area contributed by atoms with Crippen molar-refractivity contribution in [2.45, 2.75) is 222 Å². The van der Waals surface area contributed by atoms with E-state index in [0.29, 0.717) is 6.42 Å². The molecule has 0 spiro atoms. The van der Waals surface area contributed by atoms with Crippen LogP contribution in [0.1, 0.15) is 149 Å². The van der Waals surface area contributed by atoms with Gasteiger partial charge in [0.2, 0.25) is 5.91 Å². The minimum absolute atomic E-state index is 0.243. The van der Waals surface area contributed by atoms with Gasteiger partial charge in [-0.2, -0.15) is 0 Å². The normalized spacial score (nSPS) is 26.7. The topological polar surface area (TPSA) is 228 Å². The number of unbranched alkanes of at least 4 members (excludes halogenated alkanes) is 10. The van der Waals surface area contributed by atoms with Crippen molar-refractivity contribution in [1.29, 1.82) is 0 Å². The number of allylic oxidation sites excluding steroid dienone is 17. The van der Waals surface area contributed by atoms with Gasteiger partial charge in [0.1, 0.15) is 48.8 Å². The SMILES string of the molecule is CC/C=C\C/C=C\C/C=C\C/C=C\C/C=C\C/C=C\C/C=C\C/C=C\CCCCCCC(=O)NC(COC1OC(CO)C(OC2OC(CO)C(O)C(O)C2O)C(O)C1O)C(O)/C=C/CCCCCCCC. The zero-order valence-corrected chi connectivity index (χ0v) is 42.9. The van der Waals surface area contributed by atoms with Gasteiger partial charge in [-0.05, 0) is 83.5 Å². The maximum atomic E-state index is 13.1. The number of carbonyl (C=O) groups excluding carboxylic acids is 1. The van der Waals surface area contributed by atoms with E-state index in [1.54, 1.807) is 6.08 Å². The number of hydrogen-bond acceptors (Lipinski definition) is 13. The van der Waals surface area contributed by atoms with Gasteiger partial charge in [-0.3, -0.25) is 4.79 Å². The molecule has 0 radical (unpaired) electrons. The van der Waals surface area contributed by atoms with Gasteiger partial charge < -0.3 is 65.1 Å². The smallest absolute Gasteiger partial charge is 0.220 e. The number of ether oxygens (including phenoxy) is 4. The number of nitrogens with one attached hydrogen (secondary N) is 1. The molecule has 2 aliphatic rings. The number of amides is 1. The molecule has 0 aromatic rings. The molecule has 12 unspecified atom stereocenters. The highest BCUT2D eigenvalue weighted by atomic mass is 16.7. The fourth-order valence-electron chi connectivity index (χ4n) is 7.89. The van der Waals surface area contributed by atoms with Crippen molar-refractivity contribution in [3.8, 4) is 0 Å². The van der Waals surface area contributed by atoms with Crippen molar-refractivity contribution in [2.75, 3.05) is 19.8 Å². The molecule has 2 fully saturated rings. The summed E-state index contributed by atoms with van der Waals surface area (Å²) in [5.74, 6) is -0.274. The lowest BCUT2D eigenvalue weighted by Gasteiger charge is -2.46. The fourth-order valence-corrected chi connectivity index (χ4v) is 7.89. The van der Waals surface area contributed by atoms with E-state index in [9.17, 15) is 45.6 Å². The molecule has 14 heteroatoms. The van der Waals surface area contributed by atoms with Crippen LogP contribution in [0.2, 0.25) is 0 Å². The maximum Gasteiger partial charge on any atom is 0.220 e. The Morgan fingerprint density at radius 2 is 0.972 bits per heavy atom. The average molecular weight is 1000 g/mol. The molecule has 0 saturated carbocycles. The first-order valence-corrected chi connectivity index (χ1v) is 26.6. The second kappa shape index (κ2) is 42.1. The van der Waals surface area contributed by atoms with Gasteiger partial charge in [0.05, 0.1) is 32.0 Å². The Labute approximate surface area is 425 Å². The summed E-state index contributed by atoms with van der Waals surface area (Å²) >= 11 is 0. The van der Waals surface area contributed by atoms with E-state index in [-0.39, 0.29) is 18.9 Å². The Balaban J connectivity index is 1.73. The lowest BCUT2D eigenvalue weighted by molar-refractivity contribution is -0.359. The van der Waals surface area contributed by atoms with Crippen LogP contribution in [0.25, 0.3) is 0 Å². The summed E-state index contributed by atoms with van der Waals surface area (Å²) in [5, 5.41) is 86.5. The number of carbonyl (C=O) groups is 1. The molecular weight excluding hydrogens is 907 g/mol. The predicted octanol–water partition coefficient (Wildman–Crippen LogP) is 7.71. The molecule has 2 aliphatic heterocycles. The van der Waals surface area contributed by atoms with Crippen molar-refractivity contribution >= 4 is 5.91 Å². The minimum atomic E-state index is -1.79. The Hall–Kier alpha value is -3.35. The highest BCUT2D eigenvalue weighted by Gasteiger charge is 2.51. The molecule has 2 rings (SSSR count). The summed E-state index contributed by atoms with van der Waals surface area (Å²) in [5.41, 5.74) is 0. The van der Waals surface area contributed by atoms with Crippen LogP contribution in [-0.2, 0) is 23.7 Å². The summed E-state index contributed by atoms with van der Waals surface area (Å²) in [6, 6.07) is -0.934. The summed E-state index contributed by atoms with van der Waals surface area (Å²) in [6.07, 6.45) is 41.5. The molecule has 71 heavy (non-hydrogen) atoms. The third kappa shape index (κ3) is 28.6. The molecule has 0 aliphatic carbocycles. The van der Waals surface area contributed by atoms with Crippen molar-refractivity contribution in [3.05, 3.63) is 109 Å². The lowest BCUT2D eigenvalue weighted by Crippen LogP contribution is -2.65. The Bertz CT molecular complexity index is 1600. The van der Waals surface area contributed by atoms with Crippen molar-refractivity contribution in [1.82, 2.24) is 5.32 Å². The Morgan fingerprint density at radius 1 is 0.521 bits per heavy atom. The zero-order valence-electron chi connectivity index (χ0n) is 42.9. The standard InChI is InChI=1S/C57H93NO13/c1-3-5-7-9-11-13-14-15-16-17-18-19-20-21-22-23-24-25-26-27-28-29-30-31-32-33-35-37-39-41-49(62)58-45(46(61)40-38-36-34-12-10-8-6-4-2)44-68-56-54(67)52(65)55(48(43-60)70-56)71-57-53(66)51(64)50(63)47(42-59)69-57/h5,7,11,13,15-16,18-19,21-22,24-25,27-28,30-31,38,40,45-48,50-57,59-61,63-67H,3-4,6,8-10,12,14,17,20,23,26,29,32-37,39,41-44H2,1-2H3,(H,58,62)/b7-5-,13-11-,16-15-,19-18-,22-21-,25-24-,28-27-,31-30-,40-38+. The molecule has 0 aromatic carbocycles. The van der Waals surface area contributed by atoms with E-state index in [0.717, 1.165) is 103 Å². The summed E-state index contributed by atoms with van der Waals surface area (Å²) in [4.78, 5) is 13.1. The summed E-state index contributed by atoms with van der Waals surface area (Å²) in [6.45, 7) is 2.57.